The number of nitrogens with zero attached hydrogens (tertiary/aromatic N) is 3. The molecule has 6 nitrogen and oxygen atoms in total. The zero-order valence-corrected chi connectivity index (χ0v) is 16.5. The molecule has 0 N–H and O–H groups in total. The van der Waals surface area contributed by atoms with E-state index in [1.807, 2.05) is 6.07 Å². The summed E-state index contributed by atoms with van der Waals surface area (Å²) < 4.78 is 27.1. The van der Waals surface area contributed by atoms with Crippen LogP contribution in [-0.4, -0.2) is 37.3 Å². The Balaban J connectivity index is 1.93. The summed E-state index contributed by atoms with van der Waals surface area (Å²) in [6.07, 6.45) is 4.25. The number of piperidine rings is 1. The molecule has 0 unspecified atom stereocenters. The number of hydrogen-bond acceptors (Lipinski definition) is 5. The van der Waals surface area contributed by atoms with Gasteiger partial charge in [0.05, 0.1) is 32.5 Å². The number of para-hydroxylation sites is 1. The lowest BCUT2D eigenvalue weighted by Gasteiger charge is -2.27. The number of sulfone groups is 1. The molecular formula is C22H19N3O3S. The Bertz CT molecular complexity index is 1220. The Kier molecular flexibility index (Phi) is 5.03. The summed E-state index contributed by atoms with van der Waals surface area (Å²) in [4.78, 5) is 19.3. The highest BCUT2D eigenvalue weighted by molar-refractivity contribution is 7.91. The average molecular weight is 405 g/mol. The number of carbonyl (C=O) groups excluding carboxylic acids is 1. The minimum atomic E-state index is -4.00. The molecule has 2 aromatic carbocycles. The van der Waals surface area contributed by atoms with Gasteiger partial charge in [0.25, 0.3) is 5.91 Å². The maximum Gasteiger partial charge on any atom is 0.256 e. The Morgan fingerprint density at radius 2 is 1.69 bits per heavy atom. The molecule has 0 spiro atoms. The van der Waals surface area contributed by atoms with Gasteiger partial charge in [-0.3, -0.25) is 9.78 Å². The van der Waals surface area contributed by atoms with Crippen molar-refractivity contribution in [3.05, 3.63) is 65.9 Å². The van der Waals surface area contributed by atoms with Crippen molar-refractivity contribution >= 4 is 26.6 Å². The first-order chi connectivity index (χ1) is 14.0. The monoisotopic (exact) mass is 405 g/mol. The standard InChI is InChI=1S/C22H19N3O3S/c23-14-16-8-10-17(11-9-16)29(27,28)21-18-6-2-3-7-20(18)24-15-19(21)22(26)25-12-4-1-5-13-25/h2-3,6-11,15H,1,4-5,12-13H2. The SMILES string of the molecule is N#Cc1ccc(S(=O)(=O)c2c(C(=O)N3CCCCC3)cnc3ccccc23)cc1. The van der Waals surface area contributed by atoms with Gasteiger partial charge < -0.3 is 4.90 Å². The third-order valence-corrected chi connectivity index (χ3v) is 7.03. The zero-order chi connectivity index (χ0) is 20.4. The van der Waals surface area contributed by atoms with Crippen molar-refractivity contribution < 1.29 is 13.2 Å². The fourth-order valence-electron chi connectivity index (χ4n) is 3.65. The normalized spacial score (nSPS) is 14.5. The zero-order valence-electron chi connectivity index (χ0n) is 15.7. The largest absolute Gasteiger partial charge is 0.339 e. The van der Waals surface area contributed by atoms with Gasteiger partial charge in [-0.2, -0.15) is 5.26 Å². The van der Waals surface area contributed by atoms with Crippen LogP contribution < -0.4 is 0 Å². The fourth-order valence-corrected chi connectivity index (χ4v) is 5.27. The van der Waals surface area contributed by atoms with Crippen molar-refractivity contribution in [2.24, 2.45) is 0 Å². The van der Waals surface area contributed by atoms with Crippen molar-refractivity contribution in [2.45, 2.75) is 29.1 Å². The number of nitriles is 1. The number of pyridine rings is 1. The third-order valence-electron chi connectivity index (χ3n) is 5.16. The van der Waals surface area contributed by atoms with E-state index in [1.165, 1.54) is 30.5 Å². The number of fused-ring (bicyclic) bond motifs is 1. The summed E-state index contributed by atoms with van der Waals surface area (Å²) in [6.45, 7) is 1.23. The molecule has 0 aliphatic carbocycles. The molecule has 1 saturated heterocycles. The molecule has 0 atom stereocenters. The van der Waals surface area contributed by atoms with Crippen LogP contribution in [-0.2, 0) is 9.84 Å². The number of benzene rings is 2. The van der Waals surface area contributed by atoms with Crippen molar-refractivity contribution in [1.82, 2.24) is 9.88 Å². The van der Waals surface area contributed by atoms with Crippen molar-refractivity contribution in [1.29, 1.82) is 5.26 Å². The van der Waals surface area contributed by atoms with E-state index in [1.54, 1.807) is 29.2 Å². The summed E-state index contributed by atoms with van der Waals surface area (Å²) in [5.74, 6) is -0.310. The van der Waals surface area contributed by atoms with Crippen LogP contribution >= 0.6 is 0 Å². The van der Waals surface area contributed by atoms with Crippen LogP contribution in [0.5, 0.6) is 0 Å². The van der Waals surface area contributed by atoms with Gasteiger partial charge in [0.15, 0.2) is 0 Å². The fraction of sp³-hybridized carbons (Fsp3) is 0.227. The maximum absolute atomic E-state index is 13.6. The van der Waals surface area contributed by atoms with Gasteiger partial charge in [0, 0.05) is 24.7 Å². The first-order valence-electron chi connectivity index (χ1n) is 9.44. The molecule has 1 fully saturated rings. The van der Waals surface area contributed by atoms with Crippen LogP contribution in [0, 0.1) is 11.3 Å². The van der Waals surface area contributed by atoms with Gasteiger partial charge in [-0.1, -0.05) is 18.2 Å². The molecule has 2 heterocycles. The summed E-state index contributed by atoms with van der Waals surface area (Å²) in [5, 5.41) is 9.41. The van der Waals surface area contributed by atoms with E-state index in [9.17, 15) is 13.2 Å². The van der Waals surface area contributed by atoms with Crippen LogP contribution in [0.2, 0.25) is 0 Å². The Morgan fingerprint density at radius 1 is 1.00 bits per heavy atom. The highest BCUT2D eigenvalue weighted by Crippen LogP contribution is 2.32. The van der Waals surface area contributed by atoms with E-state index in [0.29, 0.717) is 29.6 Å². The van der Waals surface area contributed by atoms with Crippen molar-refractivity contribution in [3.63, 3.8) is 0 Å². The predicted molar refractivity (Wildman–Crippen MR) is 108 cm³/mol. The smallest absolute Gasteiger partial charge is 0.256 e. The lowest BCUT2D eigenvalue weighted by Crippen LogP contribution is -2.36. The molecule has 0 radical (unpaired) electrons. The van der Waals surface area contributed by atoms with E-state index in [2.05, 4.69) is 4.98 Å². The van der Waals surface area contributed by atoms with Gasteiger partial charge in [0.2, 0.25) is 9.84 Å². The molecule has 0 saturated carbocycles. The van der Waals surface area contributed by atoms with Gasteiger partial charge in [-0.25, -0.2) is 8.42 Å². The minimum absolute atomic E-state index is 0.0246. The Morgan fingerprint density at radius 3 is 2.38 bits per heavy atom. The van der Waals surface area contributed by atoms with E-state index >= 15 is 0 Å². The molecule has 1 aliphatic heterocycles. The van der Waals surface area contributed by atoms with E-state index in [4.69, 9.17) is 5.26 Å². The number of rotatable bonds is 3. The molecule has 1 amide bonds. The predicted octanol–water partition coefficient (Wildman–Crippen LogP) is 3.57. The summed E-state index contributed by atoms with van der Waals surface area (Å²) in [5.41, 5.74) is 0.970. The van der Waals surface area contributed by atoms with Crippen LogP contribution in [0.15, 0.2) is 64.5 Å². The highest BCUT2D eigenvalue weighted by atomic mass is 32.2. The summed E-state index contributed by atoms with van der Waals surface area (Å²) in [7, 11) is -4.00. The molecule has 1 aliphatic rings. The van der Waals surface area contributed by atoms with Gasteiger partial charge >= 0.3 is 0 Å². The minimum Gasteiger partial charge on any atom is -0.339 e. The number of carbonyl (C=O) groups is 1. The van der Waals surface area contributed by atoms with Gasteiger partial charge in [-0.15, -0.1) is 0 Å². The van der Waals surface area contributed by atoms with Crippen LogP contribution in [0.4, 0.5) is 0 Å². The van der Waals surface area contributed by atoms with Crippen LogP contribution in [0.25, 0.3) is 10.9 Å². The van der Waals surface area contributed by atoms with Crippen LogP contribution in [0.1, 0.15) is 35.2 Å². The lowest BCUT2D eigenvalue weighted by atomic mass is 10.1. The number of likely N-dealkylation sites (tertiary alicyclic amines) is 1. The molecular weight excluding hydrogens is 386 g/mol. The molecule has 4 rings (SSSR count). The number of aromatic nitrogens is 1. The topological polar surface area (TPSA) is 91.1 Å². The second-order valence-electron chi connectivity index (χ2n) is 7.01. The van der Waals surface area contributed by atoms with Crippen LogP contribution in [0.3, 0.4) is 0 Å². The lowest BCUT2D eigenvalue weighted by molar-refractivity contribution is 0.0720. The summed E-state index contributed by atoms with van der Waals surface area (Å²) in [6, 6.07) is 14.6. The second-order valence-corrected chi connectivity index (χ2v) is 8.90. The highest BCUT2D eigenvalue weighted by Gasteiger charge is 2.30. The number of amides is 1. The molecule has 1 aromatic heterocycles. The molecule has 7 heteroatoms. The average Bonchev–Trinajstić information content (AvgIpc) is 2.78. The van der Waals surface area contributed by atoms with E-state index in [0.717, 1.165) is 19.3 Å². The van der Waals surface area contributed by atoms with Crippen molar-refractivity contribution in [3.8, 4) is 6.07 Å². The Hall–Kier alpha value is -3.24. The van der Waals surface area contributed by atoms with E-state index < -0.39 is 9.84 Å². The maximum atomic E-state index is 13.6. The molecule has 0 bridgehead atoms. The van der Waals surface area contributed by atoms with Gasteiger partial charge in [0.1, 0.15) is 0 Å². The van der Waals surface area contributed by atoms with E-state index in [-0.39, 0.29) is 21.3 Å². The summed E-state index contributed by atoms with van der Waals surface area (Å²) >= 11 is 0. The number of hydrogen-bond donors (Lipinski definition) is 0. The molecule has 146 valence electrons. The van der Waals surface area contributed by atoms with Crippen molar-refractivity contribution in [2.75, 3.05) is 13.1 Å². The molecule has 3 aromatic rings. The first kappa shape index (κ1) is 19.1. The third kappa shape index (κ3) is 3.47. The first-order valence-corrected chi connectivity index (χ1v) is 10.9. The quantitative estimate of drug-likeness (QED) is 0.664. The molecule has 29 heavy (non-hydrogen) atoms. The second kappa shape index (κ2) is 7.64. The van der Waals surface area contributed by atoms with Gasteiger partial charge in [-0.05, 0) is 49.6 Å². The Labute approximate surface area is 169 Å².